The fraction of sp³-hybridized carbons (Fsp3) is 0.533. The number of ether oxygens (including phenoxy) is 2. The van der Waals surface area contributed by atoms with Crippen LogP contribution in [0.15, 0.2) is 30.3 Å². The van der Waals surface area contributed by atoms with Gasteiger partial charge in [0.05, 0.1) is 13.2 Å². The minimum absolute atomic E-state index is 0.509. The Morgan fingerprint density at radius 2 is 1.78 bits per heavy atom. The van der Waals surface area contributed by atoms with Crippen LogP contribution >= 0.6 is 0 Å². The van der Waals surface area contributed by atoms with Gasteiger partial charge in [-0.3, -0.25) is 4.79 Å². The predicted molar refractivity (Wildman–Crippen MR) is 76.1 cm³/mol. The van der Waals surface area contributed by atoms with Crippen molar-refractivity contribution < 1.29 is 39.8 Å². The molecule has 1 saturated heterocycles. The van der Waals surface area contributed by atoms with Gasteiger partial charge in [0.15, 0.2) is 12.4 Å². The second-order valence-corrected chi connectivity index (χ2v) is 5.28. The van der Waals surface area contributed by atoms with Crippen LogP contribution in [0.3, 0.4) is 0 Å². The summed E-state index contributed by atoms with van der Waals surface area (Å²) in [6, 6.07) is 8.38. The van der Waals surface area contributed by atoms with Crippen molar-refractivity contribution in [2.24, 2.45) is 0 Å². The van der Waals surface area contributed by atoms with E-state index in [0.29, 0.717) is 5.56 Å². The second kappa shape index (κ2) is 7.82. The van der Waals surface area contributed by atoms with E-state index in [-0.39, 0.29) is 0 Å². The highest BCUT2D eigenvalue weighted by molar-refractivity contribution is 5.78. The first-order chi connectivity index (χ1) is 11.0. The molecular weight excluding hydrogens is 308 g/mol. The Morgan fingerprint density at radius 3 is 2.35 bits per heavy atom. The summed E-state index contributed by atoms with van der Waals surface area (Å²) in [6.07, 6.45) is -7.57. The zero-order valence-electron chi connectivity index (χ0n) is 12.2. The van der Waals surface area contributed by atoms with Gasteiger partial charge in [0.25, 0.3) is 0 Å². The Labute approximate surface area is 132 Å². The van der Waals surface area contributed by atoms with Gasteiger partial charge in [-0.1, -0.05) is 30.3 Å². The third-order valence-electron chi connectivity index (χ3n) is 3.76. The Bertz CT molecular complexity index is 507. The lowest BCUT2D eigenvalue weighted by atomic mass is 9.98. The summed E-state index contributed by atoms with van der Waals surface area (Å²) in [7, 11) is 0. The highest BCUT2D eigenvalue weighted by Gasteiger charge is 2.46. The van der Waals surface area contributed by atoms with Gasteiger partial charge in [-0.2, -0.15) is 0 Å². The van der Waals surface area contributed by atoms with Crippen molar-refractivity contribution >= 4 is 5.97 Å². The normalized spacial score (nSPS) is 32.3. The Balaban J connectivity index is 2.09. The molecule has 1 aliphatic rings. The summed E-state index contributed by atoms with van der Waals surface area (Å²) in [5, 5.41) is 47.9. The van der Waals surface area contributed by atoms with Crippen molar-refractivity contribution in [1.29, 1.82) is 0 Å². The Kier molecular flexibility index (Phi) is 6.05. The molecule has 8 heteroatoms. The first kappa shape index (κ1) is 17.8. The van der Waals surface area contributed by atoms with Crippen molar-refractivity contribution in [2.75, 3.05) is 13.2 Å². The van der Waals surface area contributed by atoms with E-state index in [1.165, 1.54) is 0 Å². The van der Waals surface area contributed by atoms with Gasteiger partial charge in [0.2, 0.25) is 0 Å². The van der Waals surface area contributed by atoms with Gasteiger partial charge >= 0.3 is 5.97 Å². The van der Waals surface area contributed by atoms with E-state index in [1.54, 1.807) is 30.3 Å². The van der Waals surface area contributed by atoms with Crippen molar-refractivity contribution in [1.82, 2.24) is 0 Å². The molecule has 2 rings (SSSR count). The van der Waals surface area contributed by atoms with Crippen molar-refractivity contribution in [3.05, 3.63) is 35.9 Å². The van der Waals surface area contributed by atoms with E-state index in [1.807, 2.05) is 0 Å². The van der Waals surface area contributed by atoms with E-state index >= 15 is 0 Å². The molecular formula is C15H20O8. The maximum atomic E-state index is 12.2. The van der Waals surface area contributed by atoms with Crippen molar-refractivity contribution in [3.8, 4) is 0 Å². The van der Waals surface area contributed by atoms with E-state index in [2.05, 4.69) is 0 Å². The predicted octanol–water partition coefficient (Wildman–Crippen LogP) is -1.89. The lowest BCUT2D eigenvalue weighted by Gasteiger charge is -2.39. The lowest BCUT2D eigenvalue weighted by molar-refractivity contribution is -0.291. The summed E-state index contributed by atoms with van der Waals surface area (Å²) < 4.78 is 9.93. The number of esters is 1. The van der Waals surface area contributed by atoms with E-state index < -0.39 is 55.8 Å². The summed E-state index contributed by atoms with van der Waals surface area (Å²) in [5.74, 6) is -1.87. The van der Waals surface area contributed by atoms with E-state index in [4.69, 9.17) is 14.6 Å². The number of aliphatic hydroxyl groups is 5. The zero-order valence-corrected chi connectivity index (χ0v) is 12.2. The molecule has 0 amide bonds. The van der Waals surface area contributed by atoms with Gasteiger partial charge in [-0.25, -0.2) is 0 Å². The number of rotatable bonds is 5. The molecule has 0 saturated carbocycles. The zero-order chi connectivity index (χ0) is 17.0. The van der Waals surface area contributed by atoms with Gasteiger partial charge in [-0.05, 0) is 5.56 Å². The summed E-state index contributed by atoms with van der Waals surface area (Å²) in [5.41, 5.74) is 0.509. The molecule has 1 heterocycles. The summed E-state index contributed by atoms with van der Waals surface area (Å²) >= 11 is 0. The average molecular weight is 328 g/mol. The highest BCUT2D eigenvalue weighted by Crippen LogP contribution is 2.25. The smallest absolute Gasteiger partial charge is 0.316 e. The number of hydrogen-bond donors (Lipinski definition) is 5. The van der Waals surface area contributed by atoms with Crippen LogP contribution in [0.2, 0.25) is 0 Å². The fourth-order valence-corrected chi connectivity index (χ4v) is 2.42. The molecule has 0 unspecified atom stereocenters. The molecule has 5 N–H and O–H groups in total. The molecule has 1 aromatic rings. The van der Waals surface area contributed by atoms with Gasteiger partial charge in [0, 0.05) is 0 Å². The SMILES string of the molecule is O=C(O[C@H]1[C@H](O)[C@@H](O)[C@H](CO)O[C@@H]1O)[C@H](CO)c1ccccc1. The second-order valence-electron chi connectivity index (χ2n) is 5.28. The molecule has 128 valence electrons. The first-order valence-electron chi connectivity index (χ1n) is 7.16. The quantitative estimate of drug-likeness (QED) is 0.396. The number of carbonyl (C=O) groups is 1. The number of benzene rings is 1. The number of aliphatic hydroxyl groups excluding tert-OH is 5. The molecule has 23 heavy (non-hydrogen) atoms. The highest BCUT2D eigenvalue weighted by atomic mass is 16.7. The molecule has 0 aromatic heterocycles. The van der Waals surface area contributed by atoms with Crippen LogP contribution in [0.4, 0.5) is 0 Å². The van der Waals surface area contributed by atoms with Crippen LogP contribution in [-0.2, 0) is 14.3 Å². The fourth-order valence-electron chi connectivity index (χ4n) is 2.42. The largest absolute Gasteiger partial charge is 0.454 e. The van der Waals surface area contributed by atoms with E-state index in [0.717, 1.165) is 0 Å². The van der Waals surface area contributed by atoms with Crippen LogP contribution in [0.5, 0.6) is 0 Å². The van der Waals surface area contributed by atoms with Crippen LogP contribution < -0.4 is 0 Å². The molecule has 1 aliphatic heterocycles. The summed E-state index contributed by atoms with van der Waals surface area (Å²) in [6.45, 7) is -1.14. The Morgan fingerprint density at radius 1 is 1.13 bits per heavy atom. The minimum Gasteiger partial charge on any atom is -0.454 e. The van der Waals surface area contributed by atoms with Crippen LogP contribution in [0.25, 0.3) is 0 Å². The van der Waals surface area contributed by atoms with Crippen LogP contribution in [0.1, 0.15) is 11.5 Å². The average Bonchev–Trinajstić information content (AvgIpc) is 2.56. The van der Waals surface area contributed by atoms with E-state index in [9.17, 15) is 25.2 Å². The maximum absolute atomic E-state index is 12.2. The lowest BCUT2D eigenvalue weighted by Crippen LogP contribution is -2.60. The Hall–Kier alpha value is -1.55. The molecule has 1 fully saturated rings. The third-order valence-corrected chi connectivity index (χ3v) is 3.76. The molecule has 0 spiro atoms. The monoisotopic (exact) mass is 328 g/mol. The van der Waals surface area contributed by atoms with Crippen LogP contribution in [0, 0.1) is 0 Å². The molecule has 0 aliphatic carbocycles. The topological polar surface area (TPSA) is 137 Å². The molecule has 1 aromatic carbocycles. The van der Waals surface area contributed by atoms with Gasteiger partial charge < -0.3 is 35.0 Å². The third kappa shape index (κ3) is 3.86. The maximum Gasteiger partial charge on any atom is 0.316 e. The standard InChI is InChI=1S/C15H20O8/c16-6-9(8-4-2-1-3-5-8)14(20)23-13-12(19)11(18)10(7-17)22-15(13)21/h1-5,9-13,15-19,21H,6-7H2/t9-,10+,11+,12-,13+,15+/m1/s1. The number of carbonyl (C=O) groups excluding carboxylic acids is 1. The summed E-state index contributed by atoms with van der Waals surface area (Å²) in [4.78, 5) is 12.2. The molecule has 0 bridgehead atoms. The minimum atomic E-state index is -1.70. The molecule has 6 atom stereocenters. The van der Waals surface area contributed by atoms with Crippen molar-refractivity contribution in [3.63, 3.8) is 0 Å². The molecule has 0 radical (unpaired) electrons. The van der Waals surface area contributed by atoms with Gasteiger partial charge in [-0.15, -0.1) is 0 Å². The van der Waals surface area contributed by atoms with Crippen molar-refractivity contribution in [2.45, 2.75) is 36.6 Å². The molecule has 8 nitrogen and oxygen atoms in total. The first-order valence-corrected chi connectivity index (χ1v) is 7.16. The van der Waals surface area contributed by atoms with Crippen LogP contribution in [-0.4, -0.2) is 75.4 Å². The number of hydrogen-bond acceptors (Lipinski definition) is 8. The van der Waals surface area contributed by atoms with Gasteiger partial charge in [0.1, 0.15) is 24.2 Å².